The fourth-order valence-corrected chi connectivity index (χ4v) is 4.05. The molecule has 1 N–H and O–H groups in total. The molecule has 0 aliphatic carbocycles. The number of aliphatic imine (C=N–C) groups is 1. The first kappa shape index (κ1) is 17.8. The standard InChI is InChI=1S/C15H19N3O3S2/c1-15(2,9-22-3)17-13(19)12-8-23-14(16-12)10-4-6-11(7-5-10)18(20)21/h4-7,12H,8-9H2,1-3H3,(H,17,19). The van der Waals surface area contributed by atoms with Crippen LogP contribution < -0.4 is 5.32 Å². The molecule has 1 aliphatic heterocycles. The molecule has 1 unspecified atom stereocenters. The lowest BCUT2D eigenvalue weighted by Crippen LogP contribution is -2.49. The van der Waals surface area contributed by atoms with Gasteiger partial charge in [-0.05, 0) is 32.2 Å². The van der Waals surface area contributed by atoms with Gasteiger partial charge in [-0.25, -0.2) is 0 Å². The van der Waals surface area contributed by atoms with Crippen LogP contribution in [0, 0.1) is 10.1 Å². The van der Waals surface area contributed by atoms with Crippen LogP contribution >= 0.6 is 23.5 Å². The largest absolute Gasteiger partial charge is 0.349 e. The van der Waals surface area contributed by atoms with E-state index in [0.717, 1.165) is 16.4 Å². The number of nitrogens with one attached hydrogen (secondary N) is 1. The second-order valence-electron chi connectivity index (χ2n) is 5.87. The number of nitro benzene ring substituents is 1. The van der Waals surface area contributed by atoms with E-state index in [0.29, 0.717) is 5.75 Å². The number of carbonyl (C=O) groups excluding carboxylic acids is 1. The minimum atomic E-state index is -0.433. The van der Waals surface area contributed by atoms with E-state index >= 15 is 0 Å². The van der Waals surface area contributed by atoms with Gasteiger partial charge in [-0.2, -0.15) is 11.8 Å². The molecule has 0 bridgehead atoms. The van der Waals surface area contributed by atoms with Crippen LogP contribution in [0.25, 0.3) is 0 Å². The molecule has 0 aromatic heterocycles. The topological polar surface area (TPSA) is 84.6 Å². The minimum absolute atomic E-state index is 0.0467. The predicted molar refractivity (Wildman–Crippen MR) is 96.5 cm³/mol. The van der Waals surface area contributed by atoms with Gasteiger partial charge < -0.3 is 5.32 Å². The number of carbonyl (C=O) groups is 1. The molecule has 6 nitrogen and oxygen atoms in total. The Labute approximate surface area is 143 Å². The molecular formula is C15H19N3O3S2. The van der Waals surface area contributed by atoms with Crippen LogP contribution in [0.3, 0.4) is 0 Å². The maximum atomic E-state index is 12.3. The molecule has 124 valence electrons. The van der Waals surface area contributed by atoms with E-state index in [1.54, 1.807) is 23.9 Å². The van der Waals surface area contributed by atoms with Crippen molar-refractivity contribution in [2.24, 2.45) is 4.99 Å². The van der Waals surface area contributed by atoms with Crippen molar-refractivity contribution in [1.29, 1.82) is 0 Å². The van der Waals surface area contributed by atoms with Crippen molar-refractivity contribution in [3.63, 3.8) is 0 Å². The normalized spacial score (nSPS) is 17.7. The Morgan fingerprint density at radius 2 is 2.13 bits per heavy atom. The number of benzene rings is 1. The Kier molecular flexibility index (Phi) is 5.69. The number of nitro groups is 1. The lowest BCUT2D eigenvalue weighted by molar-refractivity contribution is -0.384. The molecule has 1 amide bonds. The first-order valence-corrected chi connectivity index (χ1v) is 9.47. The molecule has 0 spiro atoms. The number of non-ortho nitro benzene ring substituents is 1. The molecule has 2 rings (SSSR count). The molecule has 1 aromatic rings. The van der Waals surface area contributed by atoms with Crippen LogP contribution in [0.1, 0.15) is 19.4 Å². The van der Waals surface area contributed by atoms with Crippen LogP contribution in [0.2, 0.25) is 0 Å². The Balaban J connectivity index is 2.05. The fourth-order valence-electron chi connectivity index (χ4n) is 2.21. The number of amides is 1. The zero-order valence-electron chi connectivity index (χ0n) is 13.2. The van der Waals surface area contributed by atoms with Gasteiger partial charge in [-0.1, -0.05) is 0 Å². The average molecular weight is 353 g/mol. The maximum absolute atomic E-state index is 12.3. The summed E-state index contributed by atoms with van der Waals surface area (Å²) in [6.07, 6.45) is 2.00. The Bertz CT molecular complexity index is 629. The summed E-state index contributed by atoms with van der Waals surface area (Å²) in [6, 6.07) is 5.83. The van der Waals surface area contributed by atoms with Gasteiger partial charge in [0.15, 0.2) is 0 Å². The Hall–Kier alpha value is -1.54. The Morgan fingerprint density at radius 3 is 2.70 bits per heavy atom. The van der Waals surface area contributed by atoms with Crippen molar-refractivity contribution >= 4 is 40.2 Å². The van der Waals surface area contributed by atoms with Gasteiger partial charge in [0, 0.05) is 34.7 Å². The minimum Gasteiger partial charge on any atom is -0.349 e. The number of thioether (sulfide) groups is 2. The van der Waals surface area contributed by atoms with Crippen LogP contribution in [0.4, 0.5) is 5.69 Å². The first-order valence-electron chi connectivity index (χ1n) is 7.09. The molecule has 0 radical (unpaired) electrons. The number of hydrogen-bond donors (Lipinski definition) is 1. The summed E-state index contributed by atoms with van der Waals surface area (Å²) in [6.45, 7) is 3.98. The highest BCUT2D eigenvalue weighted by Gasteiger charge is 2.29. The molecule has 1 aromatic carbocycles. The van der Waals surface area contributed by atoms with Crippen LogP contribution in [0.5, 0.6) is 0 Å². The fraction of sp³-hybridized carbons (Fsp3) is 0.467. The third kappa shape index (κ3) is 4.71. The summed E-state index contributed by atoms with van der Waals surface area (Å²) in [7, 11) is 0. The second kappa shape index (κ2) is 7.35. The number of rotatable bonds is 6. The molecular weight excluding hydrogens is 334 g/mol. The van der Waals surface area contributed by atoms with E-state index in [-0.39, 0.29) is 17.1 Å². The van der Waals surface area contributed by atoms with E-state index in [2.05, 4.69) is 10.3 Å². The third-order valence-electron chi connectivity index (χ3n) is 3.25. The van der Waals surface area contributed by atoms with Crippen molar-refractivity contribution < 1.29 is 9.72 Å². The highest BCUT2D eigenvalue weighted by molar-refractivity contribution is 8.14. The van der Waals surface area contributed by atoms with Gasteiger partial charge in [0.2, 0.25) is 5.91 Å². The van der Waals surface area contributed by atoms with Crippen molar-refractivity contribution in [1.82, 2.24) is 5.32 Å². The van der Waals surface area contributed by atoms with Crippen LogP contribution in [-0.2, 0) is 4.79 Å². The highest BCUT2D eigenvalue weighted by Crippen LogP contribution is 2.25. The van der Waals surface area contributed by atoms with Crippen LogP contribution in [-0.4, -0.2) is 45.2 Å². The molecule has 0 saturated carbocycles. The molecule has 23 heavy (non-hydrogen) atoms. The van der Waals surface area contributed by atoms with Gasteiger partial charge in [0.25, 0.3) is 5.69 Å². The summed E-state index contributed by atoms with van der Waals surface area (Å²) >= 11 is 3.18. The van der Waals surface area contributed by atoms with E-state index in [9.17, 15) is 14.9 Å². The predicted octanol–water partition coefficient (Wildman–Crippen LogP) is 2.71. The lowest BCUT2D eigenvalue weighted by Gasteiger charge is -2.26. The van der Waals surface area contributed by atoms with Crippen molar-refractivity contribution in [2.75, 3.05) is 17.8 Å². The Morgan fingerprint density at radius 1 is 1.48 bits per heavy atom. The SMILES string of the molecule is CSCC(C)(C)NC(=O)C1CSC(c2ccc([N+](=O)[O-])cc2)=N1. The summed E-state index contributed by atoms with van der Waals surface area (Å²) in [4.78, 5) is 27.0. The summed E-state index contributed by atoms with van der Waals surface area (Å²) < 4.78 is 0. The molecule has 0 saturated heterocycles. The first-order chi connectivity index (χ1) is 10.8. The average Bonchev–Trinajstić information content (AvgIpc) is 2.96. The van der Waals surface area contributed by atoms with Gasteiger partial charge >= 0.3 is 0 Å². The van der Waals surface area contributed by atoms with Gasteiger partial charge in [0.1, 0.15) is 6.04 Å². The van der Waals surface area contributed by atoms with Gasteiger partial charge in [-0.3, -0.25) is 19.9 Å². The monoisotopic (exact) mass is 353 g/mol. The highest BCUT2D eigenvalue weighted by atomic mass is 32.2. The van der Waals surface area contributed by atoms with E-state index in [1.807, 2.05) is 20.1 Å². The van der Waals surface area contributed by atoms with Crippen LogP contribution in [0.15, 0.2) is 29.3 Å². The van der Waals surface area contributed by atoms with Crippen molar-refractivity contribution in [3.05, 3.63) is 39.9 Å². The van der Waals surface area contributed by atoms with Gasteiger partial charge in [0.05, 0.1) is 9.97 Å². The van der Waals surface area contributed by atoms with Gasteiger partial charge in [-0.15, -0.1) is 11.8 Å². The maximum Gasteiger partial charge on any atom is 0.269 e. The van der Waals surface area contributed by atoms with Crippen molar-refractivity contribution in [2.45, 2.75) is 25.4 Å². The van der Waals surface area contributed by atoms with Crippen molar-refractivity contribution in [3.8, 4) is 0 Å². The molecule has 8 heteroatoms. The molecule has 0 fully saturated rings. The van der Waals surface area contributed by atoms with E-state index < -0.39 is 11.0 Å². The zero-order valence-corrected chi connectivity index (χ0v) is 14.9. The molecule has 1 heterocycles. The van der Waals surface area contributed by atoms with E-state index in [1.165, 1.54) is 23.9 Å². The van der Waals surface area contributed by atoms with E-state index in [4.69, 9.17) is 0 Å². The lowest BCUT2D eigenvalue weighted by atomic mass is 10.1. The quantitative estimate of drug-likeness (QED) is 0.628. The number of hydrogen-bond acceptors (Lipinski definition) is 6. The number of nitrogens with zero attached hydrogens (tertiary/aromatic N) is 2. The molecule has 1 aliphatic rings. The summed E-state index contributed by atoms with van der Waals surface area (Å²) in [5, 5.41) is 14.5. The summed E-state index contributed by atoms with van der Waals surface area (Å²) in [5.74, 6) is 1.35. The second-order valence-corrected chi connectivity index (χ2v) is 7.75. The zero-order chi connectivity index (χ0) is 17.0. The smallest absolute Gasteiger partial charge is 0.269 e. The molecule has 1 atom stereocenters. The third-order valence-corrected chi connectivity index (χ3v) is 5.35. The summed E-state index contributed by atoms with van der Waals surface area (Å²) in [5.41, 5.74) is 0.581.